The summed E-state index contributed by atoms with van der Waals surface area (Å²) in [5.74, 6) is -0.212. The van der Waals surface area contributed by atoms with Crippen LogP contribution < -0.4 is 5.32 Å². The largest absolute Gasteiger partial charge is 0.465 e. The fourth-order valence-corrected chi connectivity index (χ4v) is 1.36. The fourth-order valence-electron chi connectivity index (χ4n) is 1.36. The van der Waals surface area contributed by atoms with E-state index >= 15 is 0 Å². The van der Waals surface area contributed by atoms with Gasteiger partial charge >= 0.3 is 5.97 Å². The highest BCUT2D eigenvalue weighted by Crippen LogP contribution is 1.99. The molecule has 0 bridgehead atoms. The average molecular weight is 247 g/mol. The van der Waals surface area contributed by atoms with Crippen LogP contribution in [0.1, 0.15) is 27.2 Å². The highest BCUT2D eigenvalue weighted by molar-refractivity contribution is 5.75. The summed E-state index contributed by atoms with van der Waals surface area (Å²) < 4.78 is 15.2. The Bertz CT molecular complexity index is 197. The van der Waals surface area contributed by atoms with Crippen molar-refractivity contribution in [2.24, 2.45) is 0 Å². The lowest BCUT2D eigenvalue weighted by Gasteiger charge is -2.19. The molecule has 0 aromatic rings. The molecule has 1 atom stereocenters. The predicted octanol–water partition coefficient (Wildman–Crippen LogP) is 0.969. The number of ether oxygens (including phenoxy) is 3. The van der Waals surface area contributed by atoms with E-state index in [0.29, 0.717) is 32.8 Å². The maximum absolute atomic E-state index is 11.6. The second kappa shape index (κ2) is 10.5. The number of carbonyl (C=O) groups excluding carboxylic acids is 1. The molecule has 0 aliphatic rings. The number of methoxy groups -OCH3 is 1. The SMILES string of the molecule is CCOC(=O)C(CCOCCOC)NC(C)C. The van der Waals surface area contributed by atoms with Gasteiger partial charge in [-0.15, -0.1) is 0 Å². The molecule has 0 heterocycles. The number of hydrogen-bond acceptors (Lipinski definition) is 5. The zero-order chi connectivity index (χ0) is 13.1. The van der Waals surface area contributed by atoms with Gasteiger partial charge in [-0.05, 0) is 13.3 Å². The first-order valence-electron chi connectivity index (χ1n) is 6.11. The van der Waals surface area contributed by atoms with E-state index in [1.807, 2.05) is 13.8 Å². The van der Waals surface area contributed by atoms with Crippen LogP contribution in [0.25, 0.3) is 0 Å². The normalized spacial score (nSPS) is 12.8. The molecule has 5 heteroatoms. The van der Waals surface area contributed by atoms with Crippen molar-refractivity contribution in [1.82, 2.24) is 5.32 Å². The van der Waals surface area contributed by atoms with Crippen molar-refractivity contribution in [3.05, 3.63) is 0 Å². The summed E-state index contributed by atoms with van der Waals surface area (Å²) >= 11 is 0. The van der Waals surface area contributed by atoms with Crippen molar-refractivity contribution in [1.29, 1.82) is 0 Å². The molecule has 0 saturated carbocycles. The van der Waals surface area contributed by atoms with Gasteiger partial charge in [0, 0.05) is 19.8 Å². The van der Waals surface area contributed by atoms with Crippen molar-refractivity contribution in [3.63, 3.8) is 0 Å². The van der Waals surface area contributed by atoms with E-state index in [1.165, 1.54) is 0 Å². The van der Waals surface area contributed by atoms with Gasteiger partial charge in [0.25, 0.3) is 0 Å². The second-order valence-electron chi connectivity index (χ2n) is 4.02. The lowest BCUT2D eigenvalue weighted by molar-refractivity contribution is -0.146. The minimum absolute atomic E-state index is 0.212. The number of carbonyl (C=O) groups is 1. The van der Waals surface area contributed by atoms with Crippen LogP contribution in [0, 0.1) is 0 Å². The smallest absolute Gasteiger partial charge is 0.323 e. The molecule has 0 aliphatic heterocycles. The van der Waals surface area contributed by atoms with Gasteiger partial charge in [0.05, 0.1) is 19.8 Å². The van der Waals surface area contributed by atoms with Gasteiger partial charge in [0.15, 0.2) is 0 Å². The Balaban J connectivity index is 3.89. The van der Waals surface area contributed by atoms with E-state index in [-0.39, 0.29) is 18.1 Å². The highest BCUT2D eigenvalue weighted by atomic mass is 16.5. The molecule has 5 nitrogen and oxygen atoms in total. The van der Waals surface area contributed by atoms with Gasteiger partial charge in [0.1, 0.15) is 6.04 Å². The summed E-state index contributed by atoms with van der Waals surface area (Å²) in [5, 5.41) is 3.17. The molecule has 102 valence electrons. The summed E-state index contributed by atoms with van der Waals surface area (Å²) in [6.45, 7) is 7.84. The maximum atomic E-state index is 11.6. The van der Waals surface area contributed by atoms with Crippen molar-refractivity contribution in [2.75, 3.05) is 33.5 Å². The van der Waals surface area contributed by atoms with Gasteiger partial charge in [-0.3, -0.25) is 4.79 Å². The van der Waals surface area contributed by atoms with Gasteiger partial charge < -0.3 is 19.5 Å². The molecule has 0 radical (unpaired) electrons. The summed E-state index contributed by atoms with van der Waals surface area (Å²) in [5.41, 5.74) is 0. The molecule has 0 spiro atoms. The van der Waals surface area contributed by atoms with Gasteiger partial charge in [-0.2, -0.15) is 0 Å². The minimum Gasteiger partial charge on any atom is -0.465 e. The van der Waals surface area contributed by atoms with Crippen LogP contribution in [-0.4, -0.2) is 51.6 Å². The van der Waals surface area contributed by atoms with Crippen LogP contribution in [0.15, 0.2) is 0 Å². The topological polar surface area (TPSA) is 56.8 Å². The van der Waals surface area contributed by atoms with Gasteiger partial charge in [-0.25, -0.2) is 0 Å². The molecular formula is C12H25NO4. The van der Waals surface area contributed by atoms with E-state index in [4.69, 9.17) is 14.2 Å². The second-order valence-corrected chi connectivity index (χ2v) is 4.02. The molecule has 0 aromatic heterocycles. The standard InChI is InChI=1S/C12H25NO4/c1-5-17-12(14)11(13-10(2)3)6-7-16-9-8-15-4/h10-11,13H,5-9H2,1-4H3. The van der Waals surface area contributed by atoms with Crippen LogP contribution in [0.3, 0.4) is 0 Å². The molecule has 0 amide bonds. The molecule has 17 heavy (non-hydrogen) atoms. The van der Waals surface area contributed by atoms with E-state index < -0.39 is 0 Å². The molecular weight excluding hydrogens is 222 g/mol. The Morgan fingerprint density at radius 1 is 1.24 bits per heavy atom. The van der Waals surface area contributed by atoms with E-state index in [9.17, 15) is 4.79 Å². The van der Waals surface area contributed by atoms with Crippen LogP contribution in [0.5, 0.6) is 0 Å². The van der Waals surface area contributed by atoms with Gasteiger partial charge in [-0.1, -0.05) is 13.8 Å². The number of rotatable bonds is 10. The Labute approximate surface area is 104 Å². The van der Waals surface area contributed by atoms with Gasteiger partial charge in [0.2, 0.25) is 0 Å². The predicted molar refractivity (Wildman–Crippen MR) is 66.0 cm³/mol. The fraction of sp³-hybridized carbons (Fsp3) is 0.917. The number of esters is 1. The number of nitrogens with one attached hydrogen (secondary N) is 1. The van der Waals surface area contributed by atoms with Crippen molar-refractivity contribution in [3.8, 4) is 0 Å². The number of hydrogen-bond donors (Lipinski definition) is 1. The third-order valence-corrected chi connectivity index (χ3v) is 2.09. The average Bonchev–Trinajstić information content (AvgIpc) is 2.27. The molecule has 1 unspecified atom stereocenters. The van der Waals surface area contributed by atoms with Crippen molar-refractivity contribution in [2.45, 2.75) is 39.3 Å². The monoisotopic (exact) mass is 247 g/mol. The zero-order valence-corrected chi connectivity index (χ0v) is 11.3. The highest BCUT2D eigenvalue weighted by Gasteiger charge is 2.19. The summed E-state index contributed by atoms with van der Waals surface area (Å²) in [4.78, 5) is 11.6. The molecule has 1 N–H and O–H groups in total. The van der Waals surface area contributed by atoms with Crippen molar-refractivity contribution >= 4 is 5.97 Å². The zero-order valence-electron chi connectivity index (χ0n) is 11.3. The quantitative estimate of drug-likeness (QED) is 0.460. The minimum atomic E-state index is -0.294. The molecule has 0 rings (SSSR count). The summed E-state index contributed by atoms with van der Waals surface area (Å²) in [6, 6.07) is -0.0547. The van der Waals surface area contributed by atoms with Crippen LogP contribution >= 0.6 is 0 Å². The van der Waals surface area contributed by atoms with Crippen molar-refractivity contribution < 1.29 is 19.0 Å². The van der Waals surface area contributed by atoms with E-state index in [2.05, 4.69) is 5.32 Å². The first kappa shape index (κ1) is 16.4. The molecule has 0 fully saturated rings. The Hall–Kier alpha value is -0.650. The first-order chi connectivity index (χ1) is 8.11. The Morgan fingerprint density at radius 2 is 1.94 bits per heavy atom. The molecule has 0 saturated heterocycles. The van der Waals surface area contributed by atoms with E-state index in [1.54, 1.807) is 14.0 Å². The van der Waals surface area contributed by atoms with Crippen LogP contribution in [0.4, 0.5) is 0 Å². The molecule has 0 aromatic carbocycles. The summed E-state index contributed by atoms with van der Waals surface area (Å²) in [6.07, 6.45) is 0.612. The third kappa shape index (κ3) is 9.09. The Kier molecular flexibility index (Phi) is 10.1. The third-order valence-electron chi connectivity index (χ3n) is 2.09. The molecule has 0 aliphatic carbocycles. The summed E-state index contributed by atoms with van der Waals surface area (Å²) in [7, 11) is 1.63. The van der Waals surface area contributed by atoms with Crippen LogP contribution in [-0.2, 0) is 19.0 Å². The first-order valence-corrected chi connectivity index (χ1v) is 6.11. The maximum Gasteiger partial charge on any atom is 0.323 e. The lowest BCUT2D eigenvalue weighted by Crippen LogP contribution is -2.42. The van der Waals surface area contributed by atoms with E-state index in [0.717, 1.165) is 0 Å². The van der Waals surface area contributed by atoms with Crippen LogP contribution in [0.2, 0.25) is 0 Å². The Morgan fingerprint density at radius 3 is 2.47 bits per heavy atom. The lowest BCUT2D eigenvalue weighted by atomic mass is 10.2.